The number of hydrazone groups is 1. The molecule has 0 aliphatic rings. The number of nitrogens with one attached hydrogen (secondary N) is 1. The largest absolute Gasteiger partial charge is 0.273 e. The molecule has 0 bridgehead atoms. The topological polar surface area (TPSA) is 115 Å². The third-order valence-corrected chi connectivity index (χ3v) is 3.68. The Balaban J connectivity index is 1.58. The number of non-ortho nitro benzene ring substituents is 1. The Morgan fingerprint density at radius 2 is 1.96 bits per heavy atom. The van der Waals surface area contributed by atoms with Crippen LogP contribution in [0, 0.1) is 10.1 Å². The first-order valence-corrected chi connectivity index (χ1v) is 7.86. The molecule has 0 fully saturated rings. The highest BCUT2D eigenvalue weighted by molar-refractivity contribution is 5.86. The van der Waals surface area contributed by atoms with Crippen LogP contribution < -0.4 is 5.43 Å². The number of benzene rings is 2. The number of nitro groups is 1. The predicted octanol–water partition coefficient (Wildman–Crippen LogP) is 2.07. The molecule has 0 radical (unpaired) electrons. The first-order chi connectivity index (χ1) is 12.5. The van der Waals surface area contributed by atoms with Gasteiger partial charge in [0.15, 0.2) is 0 Å². The monoisotopic (exact) mass is 352 g/mol. The second kappa shape index (κ2) is 7.51. The molecule has 3 aromatic rings. The van der Waals surface area contributed by atoms with Gasteiger partial charge in [-0.1, -0.05) is 29.5 Å². The number of nitrogens with zero attached hydrogens (tertiary/aromatic N) is 5. The number of rotatable bonds is 6. The maximum atomic E-state index is 12.0. The van der Waals surface area contributed by atoms with Crippen molar-refractivity contribution in [3.63, 3.8) is 0 Å². The van der Waals surface area contributed by atoms with Gasteiger partial charge in [0.1, 0.15) is 5.52 Å². The molecule has 1 N–H and O–H groups in total. The van der Waals surface area contributed by atoms with E-state index in [-0.39, 0.29) is 18.0 Å². The Kier molecular flexibility index (Phi) is 4.97. The van der Waals surface area contributed by atoms with Crippen LogP contribution in [-0.2, 0) is 17.8 Å². The lowest BCUT2D eigenvalue weighted by atomic mass is 10.1. The van der Waals surface area contributed by atoms with Crippen LogP contribution in [0.3, 0.4) is 0 Å². The van der Waals surface area contributed by atoms with Gasteiger partial charge >= 0.3 is 0 Å². The van der Waals surface area contributed by atoms with Gasteiger partial charge in [-0.15, -0.1) is 5.10 Å². The van der Waals surface area contributed by atoms with Gasteiger partial charge in [0, 0.05) is 12.1 Å². The molecule has 2 aromatic carbocycles. The lowest BCUT2D eigenvalue weighted by molar-refractivity contribution is -0.384. The first-order valence-electron chi connectivity index (χ1n) is 7.86. The second-order valence-electron chi connectivity index (χ2n) is 5.72. The van der Waals surface area contributed by atoms with E-state index in [2.05, 4.69) is 20.8 Å². The zero-order valence-electron chi connectivity index (χ0n) is 14.0. The fraction of sp³-hybridized carbons (Fsp3) is 0.176. The molecule has 0 aliphatic heterocycles. The number of carbonyl (C=O) groups is 1. The van der Waals surface area contributed by atoms with Crippen molar-refractivity contribution < 1.29 is 9.72 Å². The van der Waals surface area contributed by atoms with Crippen molar-refractivity contribution in [3.8, 4) is 0 Å². The van der Waals surface area contributed by atoms with E-state index in [9.17, 15) is 14.9 Å². The van der Waals surface area contributed by atoms with E-state index in [1.165, 1.54) is 12.1 Å². The van der Waals surface area contributed by atoms with Gasteiger partial charge in [0.25, 0.3) is 5.69 Å². The van der Waals surface area contributed by atoms with Crippen molar-refractivity contribution in [1.29, 1.82) is 0 Å². The third kappa shape index (κ3) is 4.07. The SMILES string of the molecule is CC(Cn1nnc2ccccc21)=NNC(=O)Cc1ccc([N+](=O)[O-])cc1. The molecule has 9 nitrogen and oxygen atoms in total. The zero-order chi connectivity index (χ0) is 18.5. The zero-order valence-corrected chi connectivity index (χ0v) is 14.0. The number of amides is 1. The Morgan fingerprint density at radius 3 is 2.69 bits per heavy atom. The summed E-state index contributed by atoms with van der Waals surface area (Å²) in [5.41, 5.74) is 5.49. The van der Waals surface area contributed by atoms with Crippen molar-refractivity contribution in [2.24, 2.45) is 5.10 Å². The number of fused-ring (bicyclic) bond motifs is 1. The molecule has 9 heteroatoms. The summed E-state index contributed by atoms with van der Waals surface area (Å²) >= 11 is 0. The van der Waals surface area contributed by atoms with E-state index in [0.717, 1.165) is 11.0 Å². The normalized spacial score (nSPS) is 11.5. The molecule has 1 heterocycles. The highest BCUT2D eigenvalue weighted by Crippen LogP contribution is 2.12. The van der Waals surface area contributed by atoms with E-state index in [4.69, 9.17) is 0 Å². The smallest absolute Gasteiger partial charge is 0.269 e. The lowest BCUT2D eigenvalue weighted by Gasteiger charge is -2.04. The minimum atomic E-state index is -0.481. The number of para-hydroxylation sites is 1. The Hall–Kier alpha value is -3.62. The van der Waals surface area contributed by atoms with E-state index < -0.39 is 4.92 Å². The van der Waals surface area contributed by atoms with Crippen molar-refractivity contribution >= 4 is 28.3 Å². The van der Waals surface area contributed by atoms with Gasteiger partial charge in [-0.25, -0.2) is 10.1 Å². The van der Waals surface area contributed by atoms with E-state index >= 15 is 0 Å². The molecule has 3 rings (SSSR count). The van der Waals surface area contributed by atoms with Crippen LogP contribution in [0.5, 0.6) is 0 Å². The van der Waals surface area contributed by atoms with Crippen molar-refractivity contribution in [2.45, 2.75) is 19.9 Å². The number of carbonyl (C=O) groups excluding carboxylic acids is 1. The van der Waals surface area contributed by atoms with Gasteiger partial charge in [0.05, 0.1) is 29.1 Å². The van der Waals surface area contributed by atoms with Gasteiger partial charge in [-0.3, -0.25) is 14.9 Å². The quantitative estimate of drug-likeness (QED) is 0.414. The Labute approximate surface area is 148 Å². The molecular weight excluding hydrogens is 336 g/mol. The summed E-state index contributed by atoms with van der Waals surface area (Å²) in [7, 11) is 0. The summed E-state index contributed by atoms with van der Waals surface area (Å²) in [6, 6.07) is 13.4. The van der Waals surface area contributed by atoms with Crippen LogP contribution in [0.2, 0.25) is 0 Å². The third-order valence-electron chi connectivity index (χ3n) is 3.68. The molecule has 1 amide bonds. The van der Waals surface area contributed by atoms with Crippen LogP contribution in [0.4, 0.5) is 5.69 Å². The van der Waals surface area contributed by atoms with Crippen LogP contribution in [-0.4, -0.2) is 31.5 Å². The minimum Gasteiger partial charge on any atom is -0.273 e. The second-order valence-corrected chi connectivity index (χ2v) is 5.72. The molecular formula is C17H16N6O3. The van der Waals surface area contributed by atoms with E-state index in [1.807, 2.05) is 24.3 Å². The van der Waals surface area contributed by atoms with Crippen LogP contribution in [0.25, 0.3) is 11.0 Å². The number of nitro benzene ring substituents is 1. The van der Waals surface area contributed by atoms with E-state index in [1.54, 1.807) is 23.7 Å². The molecule has 0 saturated carbocycles. The summed E-state index contributed by atoms with van der Waals surface area (Å²) in [4.78, 5) is 22.1. The predicted molar refractivity (Wildman–Crippen MR) is 95.6 cm³/mol. The molecule has 26 heavy (non-hydrogen) atoms. The fourth-order valence-corrected chi connectivity index (χ4v) is 2.40. The Morgan fingerprint density at radius 1 is 1.23 bits per heavy atom. The Bertz CT molecular complexity index is 978. The van der Waals surface area contributed by atoms with Gasteiger partial charge in [-0.05, 0) is 24.6 Å². The summed E-state index contributed by atoms with van der Waals surface area (Å²) in [6.45, 7) is 2.18. The van der Waals surface area contributed by atoms with Crippen molar-refractivity contribution in [1.82, 2.24) is 20.4 Å². The van der Waals surface area contributed by atoms with Gasteiger partial charge in [-0.2, -0.15) is 5.10 Å². The average molecular weight is 352 g/mol. The minimum absolute atomic E-state index is 0.0110. The molecule has 1 aromatic heterocycles. The first kappa shape index (κ1) is 17.2. The van der Waals surface area contributed by atoms with Gasteiger partial charge in [0.2, 0.25) is 5.91 Å². The number of aromatic nitrogens is 3. The maximum absolute atomic E-state index is 12.0. The maximum Gasteiger partial charge on any atom is 0.269 e. The van der Waals surface area contributed by atoms with Crippen LogP contribution in [0.1, 0.15) is 12.5 Å². The van der Waals surface area contributed by atoms with Crippen molar-refractivity contribution in [3.05, 3.63) is 64.2 Å². The van der Waals surface area contributed by atoms with Crippen molar-refractivity contribution in [2.75, 3.05) is 0 Å². The fourth-order valence-electron chi connectivity index (χ4n) is 2.40. The summed E-state index contributed by atoms with van der Waals surface area (Å²) < 4.78 is 1.71. The molecule has 0 atom stereocenters. The molecule has 0 aliphatic carbocycles. The summed E-state index contributed by atoms with van der Waals surface area (Å²) in [5.74, 6) is -0.304. The summed E-state index contributed by atoms with van der Waals surface area (Å²) in [6.07, 6.45) is 0.0844. The van der Waals surface area contributed by atoms with Crippen LogP contribution >= 0.6 is 0 Å². The molecule has 0 saturated heterocycles. The van der Waals surface area contributed by atoms with Crippen LogP contribution in [0.15, 0.2) is 53.6 Å². The number of hydrogen-bond donors (Lipinski definition) is 1. The lowest BCUT2D eigenvalue weighted by Crippen LogP contribution is -2.22. The van der Waals surface area contributed by atoms with Gasteiger partial charge < -0.3 is 0 Å². The summed E-state index contributed by atoms with van der Waals surface area (Å²) in [5, 5.41) is 22.8. The highest BCUT2D eigenvalue weighted by Gasteiger charge is 2.08. The highest BCUT2D eigenvalue weighted by atomic mass is 16.6. The molecule has 0 spiro atoms. The molecule has 0 unspecified atom stereocenters. The molecule has 132 valence electrons. The van der Waals surface area contributed by atoms with E-state index in [0.29, 0.717) is 17.8 Å². The number of hydrogen-bond acceptors (Lipinski definition) is 6. The average Bonchev–Trinajstić information content (AvgIpc) is 3.03. The standard InChI is InChI=1S/C17H16N6O3/c1-12(11-22-16-5-3-2-4-15(16)19-21-22)18-20-17(24)10-13-6-8-14(9-7-13)23(25)26/h2-9H,10-11H2,1H3,(H,20,24).